The fraction of sp³-hybridized carbons (Fsp3) is 0.438. The van der Waals surface area contributed by atoms with Crippen molar-refractivity contribution in [2.24, 2.45) is 5.92 Å². The lowest BCUT2D eigenvalue weighted by atomic mass is 10.0. The number of methoxy groups -OCH3 is 1. The number of ether oxygens (including phenoxy) is 3. The summed E-state index contributed by atoms with van der Waals surface area (Å²) in [6.45, 7) is 2.12. The number of hydrogen-bond donors (Lipinski definition) is 1. The van der Waals surface area contributed by atoms with Gasteiger partial charge in [0.05, 0.1) is 13.7 Å². The highest BCUT2D eigenvalue weighted by atomic mass is 16.5. The van der Waals surface area contributed by atoms with E-state index in [4.69, 9.17) is 19.3 Å². The molecule has 0 spiro atoms. The summed E-state index contributed by atoms with van der Waals surface area (Å²) in [7, 11) is 1.57. The van der Waals surface area contributed by atoms with Crippen molar-refractivity contribution >= 4 is 12.0 Å². The standard InChI is InChI=1S/C16H20O5/c1-19-14-4-2-3-13(5-6-15(17)18)16(14)21-11-12-7-9-20-10-8-12/h2-6,12H,7-11H2,1H3,(H,17,18). The fourth-order valence-electron chi connectivity index (χ4n) is 2.25. The second-order valence-electron chi connectivity index (χ2n) is 4.92. The van der Waals surface area contributed by atoms with Gasteiger partial charge in [-0.05, 0) is 30.9 Å². The van der Waals surface area contributed by atoms with Crippen LogP contribution >= 0.6 is 0 Å². The maximum Gasteiger partial charge on any atom is 0.328 e. The lowest BCUT2D eigenvalue weighted by Crippen LogP contribution is -2.21. The van der Waals surface area contributed by atoms with E-state index < -0.39 is 5.97 Å². The van der Waals surface area contributed by atoms with Crippen LogP contribution in [0.25, 0.3) is 6.08 Å². The molecule has 5 heteroatoms. The average Bonchev–Trinajstić information content (AvgIpc) is 2.52. The Morgan fingerprint density at radius 1 is 1.43 bits per heavy atom. The van der Waals surface area contributed by atoms with Gasteiger partial charge in [-0.2, -0.15) is 0 Å². The van der Waals surface area contributed by atoms with E-state index in [0.29, 0.717) is 29.6 Å². The third kappa shape index (κ3) is 4.49. The first-order valence-corrected chi connectivity index (χ1v) is 6.99. The molecule has 0 aromatic heterocycles. The van der Waals surface area contributed by atoms with Crippen molar-refractivity contribution in [2.75, 3.05) is 26.9 Å². The zero-order chi connectivity index (χ0) is 15.1. The van der Waals surface area contributed by atoms with Crippen LogP contribution in [0.15, 0.2) is 24.3 Å². The summed E-state index contributed by atoms with van der Waals surface area (Å²) in [6.07, 6.45) is 4.57. The van der Waals surface area contributed by atoms with E-state index in [1.165, 1.54) is 6.08 Å². The predicted octanol–water partition coefficient (Wildman–Crippen LogP) is 2.60. The SMILES string of the molecule is COc1cccc(C=CC(=O)O)c1OCC1CCOCC1. The summed E-state index contributed by atoms with van der Waals surface area (Å²) in [5.74, 6) is 0.659. The molecule has 1 aliphatic rings. The molecule has 2 rings (SSSR count). The van der Waals surface area contributed by atoms with Crippen molar-refractivity contribution in [2.45, 2.75) is 12.8 Å². The Morgan fingerprint density at radius 2 is 2.19 bits per heavy atom. The van der Waals surface area contributed by atoms with Gasteiger partial charge in [0.2, 0.25) is 0 Å². The van der Waals surface area contributed by atoms with Gasteiger partial charge >= 0.3 is 5.97 Å². The maximum atomic E-state index is 10.7. The van der Waals surface area contributed by atoms with Crippen LogP contribution in [0.5, 0.6) is 11.5 Å². The highest BCUT2D eigenvalue weighted by molar-refractivity contribution is 5.86. The predicted molar refractivity (Wildman–Crippen MR) is 78.7 cm³/mol. The van der Waals surface area contributed by atoms with Gasteiger partial charge in [0.1, 0.15) is 0 Å². The number of benzene rings is 1. The Labute approximate surface area is 124 Å². The van der Waals surface area contributed by atoms with Gasteiger partial charge in [0.25, 0.3) is 0 Å². The molecule has 0 radical (unpaired) electrons. The third-order valence-electron chi connectivity index (χ3n) is 3.44. The van der Waals surface area contributed by atoms with E-state index in [2.05, 4.69) is 0 Å². The van der Waals surface area contributed by atoms with Crippen molar-refractivity contribution < 1.29 is 24.1 Å². The van der Waals surface area contributed by atoms with Crippen LogP contribution in [0.3, 0.4) is 0 Å². The van der Waals surface area contributed by atoms with Gasteiger partial charge < -0.3 is 19.3 Å². The number of hydrogen-bond acceptors (Lipinski definition) is 4. The molecule has 0 bridgehead atoms. The van der Waals surface area contributed by atoms with Crippen LogP contribution in [0, 0.1) is 5.92 Å². The summed E-state index contributed by atoms with van der Waals surface area (Å²) < 4.78 is 16.5. The van der Waals surface area contributed by atoms with E-state index in [1.54, 1.807) is 19.2 Å². The Bertz CT molecular complexity index is 503. The number of carbonyl (C=O) groups is 1. The molecule has 1 saturated heterocycles. The van der Waals surface area contributed by atoms with Crippen molar-refractivity contribution in [3.8, 4) is 11.5 Å². The lowest BCUT2D eigenvalue weighted by molar-refractivity contribution is -0.131. The zero-order valence-corrected chi connectivity index (χ0v) is 12.1. The Hall–Kier alpha value is -2.01. The topological polar surface area (TPSA) is 65.0 Å². The second kappa shape index (κ2) is 7.69. The summed E-state index contributed by atoms with van der Waals surface area (Å²) in [4.78, 5) is 10.7. The minimum Gasteiger partial charge on any atom is -0.493 e. The van der Waals surface area contributed by atoms with E-state index >= 15 is 0 Å². The average molecular weight is 292 g/mol. The quantitative estimate of drug-likeness (QED) is 0.816. The van der Waals surface area contributed by atoms with Gasteiger partial charge in [0, 0.05) is 24.9 Å². The lowest BCUT2D eigenvalue weighted by Gasteiger charge is -2.23. The smallest absolute Gasteiger partial charge is 0.328 e. The molecule has 1 aromatic rings. The van der Waals surface area contributed by atoms with Crippen molar-refractivity contribution in [3.05, 3.63) is 29.8 Å². The first-order chi connectivity index (χ1) is 10.2. The van der Waals surface area contributed by atoms with Gasteiger partial charge in [-0.1, -0.05) is 12.1 Å². The summed E-state index contributed by atoms with van der Waals surface area (Å²) in [5, 5.41) is 8.75. The highest BCUT2D eigenvalue weighted by Gasteiger charge is 2.16. The molecule has 0 amide bonds. The molecule has 21 heavy (non-hydrogen) atoms. The molecule has 0 saturated carbocycles. The fourth-order valence-corrected chi connectivity index (χ4v) is 2.25. The Balaban J connectivity index is 2.12. The maximum absolute atomic E-state index is 10.7. The van der Waals surface area contributed by atoms with E-state index in [1.807, 2.05) is 6.07 Å². The number of carboxylic acids is 1. The number of para-hydroxylation sites is 1. The molecule has 1 aliphatic heterocycles. The van der Waals surface area contributed by atoms with E-state index in [9.17, 15) is 4.79 Å². The Morgan fingerprint density at radius 3 is 2.86 bits per heavy atom. The molecule has 114 valence electrons. The molecule has 0 unspecified atom stereocenters. The minimum absolute atomic E-state index is 0.458. The highest BCUT2D eigenvalue weighted by Crippen LogP contribution is 2.33. The van der Waals surface area contributed by atoms with Crippen LogP contribution < -0.4 is 9.47 Å². The molecule has 1 fully saturated rings. The summed E-state index contributed by atoms with van der Waals surface area (Å²) in [5.41, 5.74) is 0.698. The molecular formula is C16H20O5. The van der Waals surface area contributed by atoms with Crippen LogP contribution in [0.2, 0.25) is 0 Å². The van der Waals surface area contributed by atoms with Gasteiger partial charge in [-0.3, -0.25) is 0 Å². The molecule has 1 N–H and O–H groups in total. The molecule has 1 heterocycles. The first kappa shape index (κ1) is 15.4. The van der Waals surface area contributed by atoms with E-state index in [-0.39, 0.29) is 0 Å². The monoisotopic (exact) mass is 292 g/mol. The summed E-state index contributed by atoms with van der Waals surface area (Å²) in [6, 6.07) is 5.42. The van der Waals surface area contributed by atoms with Crippen molar-refractivity contribution in [1.82, 2.24) is 0 Å². The first-order valence-electron chi connectivity index (χ1n) is 6.99. The molecule has 1 aromatic carbocycles. The molecule has 5 nitrogen and oxygen atoms in total. The molecular weight excluding hydrogens is 272 g/mol. The number of carboxylic acid groups (broad SMARTS) is 1. The van der Waals surface area contributed by atoms with Crippen LogP contribution in [-0.4, -0.2) is 38.0 Å². The number of rotatable bonds is 6. The number of aliphatic carboxylic acids is 1. The Kier molecular flexibility index (Phi) is 5.63. The van der Waals surface area contributed by atoms with Crippen molar-refractivity contribution in [1.29, 1.82) is 0 Å². The second-order valence-corrected chi connectivity index (χ2v) is 4.92. The van der Waals surface area contributed by atoms with Crippen LogP contribution in [0.1, 0.15) is 18.4 Å². The van der Waals surface area contributed by atoms with E-state index in [0.717, 1.165) is 32.1 Å². The van der Waals surface area contributed by atoms with Gasteiger partial charge in [0.15, 0.2) is 11.5 Å². The largest absolute Gasteiger partial charge is 0.493 e. The minimum atomic E-state index is -0.992. The zero-order valence-electron chi connectivity index (χ0n) is 12.1. The molecule has 0 atom stereocenters. The van der Waals surface area contributed by atoms with Crippen LogP contribution in [-0.2, 0) is 9.53 Å². The van der Waals surface area contributed by atoms with Gasteiger partial charge in [-0.25, -0.2) is 4.79 Å². The third-order valence-corrected chi connectivity index (χ3v) is 3.44. The van der Waals surface area contributed by atoms with Gasteiger partial charge in [-0.15, -0.1) is 0 Å². The normalized spacial score (nSPS) is 16.0. The summed E-state index contributed by atoms with van der Waals surface area (Å²) >= 11 is 0. The molecule has 0 aliphatic carbocycles. The van der Waals surface area contributed by atoms with Crippen molar-refractivity contribution in [3.63, 3.8) is 0 Å². The van der Waals surface area contributed by atoms with Crippen LogP contribution in [0.4, 0.5) is 0 Å².